The van der Waals surface area contributed by atoms with Crippen molar-refractivity contribution in [3.63, 3.8) is 0 Å². The standard InChI is InChI=1S/C24H22N6O2/c1-12-16(13-9-14-11-27-29-22(14)26-10-13)6-7-17-20(12)30(15-4-5-15)24(31)19-21(17)32-23(28-19)18-3-2-8-25-18/h6-7,9-11,15,18,25H,2-5,8H2,1H3,(H,26,27,29)/t18-/m0/s1. The second-order valence-corrected chi connectivity index (χ2v) is 8.95. The summed E-state index contributed by atoms with van der Waals surface area (Å²) < 4.78 is 8.19. The molecule has 1 saturated carbocycles. The summed E-state index contributed by atoms with van der Waals surface area (Å²) in [5.41, 5.74) is 5.81. The minimum Gasteiger partial charge on any atom is -0.438 e. The van der Waals surface area contributed by atoms with E-state index < -0.39 is 0 Å². The third kappa shape index (κ3) is 2.53. The number of fused-ring (bicyclic) bond motifs is 4. The first-order valence-electron chi connectivity index (χ1n) is 11.2. The fourth-order valence-corrected chi connectivity index (χ4v) is 5.10. The lowest BCUT2D eigenvalue weighted by Gasteiger charge is -2.15. The Morgan fingerprint density at radius 1 is 1.19 bits per heavy atom. The largest absolute Gasteiger partial charge is 0.438 e. The molecule has 0 radical (unpaired) electrons. The summed E-state index contributed by atoms with van der Waals surface area (Å²) in [7, 11) is 0. The number of oxazole rings is 1. The lowest BCUT2D eigenvalue weighted by atomic mass is 9.97. The molecule has 0 amide bonds. The van der Waals surface area contributed by atoms with Gasteiger partial charge in [-0.1, -0.05) is 6.07 Å². The van der Waals surface area contributed by atoms with Crippen LogP contribution in [0.1, 0.15) is 49.2 Å². The lowest BCUT2D eigenvalue weighted by Crippen LogP contribution is -2.21. The molecule has 2 aliphatic rings. The molecule has 2 fully saturated rings. The fraction of sp³-hybridized carbons (Fsp3) is 0.333. The molecule has 5 heterocycles. The highest BCUT2D eigenvalue weighted by atomic mass is 16.4. The van der Waals surface area contributed by atoms with E-state index in [0.29, 0.717) is 17.0 Å². The van der Waals surface area contributed by atoms with E-state index in [1.54, 1.807) is 6.20 Å². The van der Waals surface area contributed by atoms with Gasteiger partial charge in [-0.25, -0.2) is 9.97 Å². The molecule has 4 aromatic heterocycles. The van der Waals surface area contributed by atoms with Gasteiger partial charge >= 0.3 is 0 Å². The number of hydrogen-bond donors (Lipinski definition) is 2. The third-order valence-corrected chi connectivity index (χ3v) is 6.85. The van der Waals surface area contributed by atoms with Crippen LogP contribution in [0, 0.1) is 6.92 Å². The van der Waals surface area contributed by atoms with Gasteiger partial charge in [-0.2, -0.15) is 5.10 Å². The summed E-state index contributed by atoms with van der Waals surface area (Å²) in [5, 5.41) is 12.3. The number of pyridine rings is 2. The maximum absolute atomic E-state index is 13.6. The number of benzene rings is 1. The van der Waals surface area contributed by atoms with Crippen LogP contribution in [0.3, 0.4) is 0 Å². The maximum Gasteiger partial charge on any atom is 0.281 e. The Hall–Kier alpha value is -3.52. The number of hydrogen-bond acceptors (Lipinski definition) is 6. The third-order valence-electron chi connectivity index (χ3n) is 6.85. The van der Waals surface area contributed by atoms with E-state index in [9.17, 15) is 4.79 Å². The highest BCUT2D eigenvalue weighted by Gasteiger charge is 2.31. The molecule has 2 N–H and O–H groups in total. The van der Waals surface area contributed by atoms with Gasteiger partial charge in [0.1, 0.15) is 0 Å². The Balaban J connectivity index is 1.52. The maximum atomic E-state index is 13.6. The zero-order valence-electron chi connectivity index (χ0n) is 17.7. The second-order valence-electron chi connectivity index (χ2n) is 8.95. The number of aromatic amines is 1. The molecular weight excluding hydrogens is 404 g/mol. The molecule has 1 aliphatic carbocycles. The van der Waals surface area contributed by atoms with Gasteiger partial charge in [0.25, 0.3) is 5.56 Å². The number of aromatic nitrogens is 5. The molecule has 8 heteroatoms. The van der Waals surface area contributed by atoms with Crippen LogP contribution < -0.4 is 10.9 Å². The smallest absolute Gasteiger partial charge is 0.281 e. The van der Waals surface area contributed by atoms with Crippen LogP contribution in [0.2, 0.25) is 0 Å². The molecule has 8 nitrogen and oxygen atoms in total. The van der Waals surface area contributed by atoms with Crippen LogP contribution in [-0.4, -0.2) is 31.3 Å². The van der Waals surface area contributed by atoms with E-state index >= 15 is 0 Å². The molecule has 1 atom stereocenters. The lowest BCUT2D eigenvalue weighted by molar-refractivity contribution is 0.453. The van der Waals surface area contributed by atoms with Gasteiger partial charge in [0.2, 0.25) is 5.89 Å². The Morgan fingerprint density at radius 2 is 2.09 bits per heavy atom. The molecule has 0 bridgehead atoms. The molecule has 5 aromatic rings. The molecule has 1 aliphatic heterocycles. The SMILES string of the molecule is Cc1c(-c2cnc3[nH]ncc3c2)ccc2c3oc([C@@H]4CCCN4)nc3c(=O)n(C3CC3)c12. The summed E-state index contributed by atoms with van der Waals surface area (Å²) in [6.45, 7) is 3.03. The minimum atomic E-state index is -0.0494. The van der Waals surface area contributed by atoms with Crippen LogP contribution >= 0.6 is 0 Å². The summed E-state index contributed by atoms with van der Waals surface area (Å²) >= 11 is 0. The minimum absolute atomic E-state index is 0.0494. The first-order chi connectivity index (χ1) is 15.7. The summed E-state index contributed by atoms with van der Waals surface area (Å²) in [6.07, 6.45) is 7.73. The van der Waals surface area contributed by atoms with Crippen molar-refractivity contribution in [2.45, 2.75) is 44.7 Å². The number of nitrogens with zero attached hydrogens (tertiary/aromatic N) is 4. The topological polar surface area (TPSA) is 102 Å². The number of aryl methyl sites for hydroxylation is 1. The van der Waals surface area contributed by atoms with Crippen LogP contribution in [0.15, 0.2) is 39.8 Å². The number of H-pyrrole nitrogens is 1. The van der Waals surface area contributed by atoms with Crippen molar-refractivity contribution in [3.8, 4) is 11.1 Å². The monoisotopic (exact) mass is 426 g/mol. The predicted molar refractivity (Wildman–Crippen MR) is 122 cm³/mol. The van der Waals surface area contributed by atoms with E-state index in [4.69, 9.17) is 4.42 Å². The van der Waals surface area contributed by atoms with Crippen molar-refractivity contribution in [2.75, 3.05) is 6.54 Å². The first kappa shape index (κ1) is 18.1. The summed E-state index contributed by atoms with van der Waals surface area (Å²) in [4.78, 5) is 22.8. The Bertz CT molecular complexity index is 1580. The highest BCUT2D eigenvalue weighted by molar-refractivity contribution is 6.04. The Kier molecular flexibility index (Phi) is 3.67. The van der Waals surface area contributed by atoms with E-state index in [1.165, 1.54) is 0 Å². The van der Waals surface area contributed by atoms with Gasteiger partial charge in [-0.05, 0) is 62.4 Å². The van der Waals surface area contributed by atoms with Crippen molar-refractivity contribution in [3.05, 3.63) is 52.4 Å². The average molecular weight is 426 g/mol. The average Bonchev–Trinajstić information content (AvgIpc) is 3.22. The van der Waals surface area contributed by atoms with E-state index in [1.807, 2.05) is 10.8 Å². The van der Waals surface area contributed by atoms with Crippen molar-refractivity contribution >= 4 is 33.0 Å². The molecule has 1 aromatic carbocycles. The first-order valence-corrected chi connectivity index (χ1v) is 11.2. The molecule has 0 spiro atoms. The van der Waals surface area contributed by atoms with Gasteiger partial charge in [-0.3, -0.25) is 9.89 Å². The van der Waals surface area contributed by atoms with Crippen molar-refractivity contribution in [1.82, 2.24) is 30.0 Å². The Morgan fingerprint density at radius 3 is 2.91 bits per heavy atom. The molecule has 160 valence electrons. The molecule has 32 heavy (non-hydrogen) atoms. The summed E-state index contributed by atoms with van der Waals surface area (Å²) in [6, 6.07) is 6.55. The zero-order chi connectivity index (χ0) is 21.4. The second kappa shape index (κ2) is 6.49. The van der Waals surface area contributed by atoms with Crippen molar-refractivity contribution in [1.29, 1.82) is 0 Å². The summed E-state index contributed by atoms with van der Waals surface area (Å²) in [5.74, 6) is 0.626. The number of rotatable bonds is 3. The highest BCUT2D eigenvalue weighted by Crippen LogP contribution is 2.41. The molecule has 0 unspecified atom stereocenters. The van der Waals surface area contributed by atoms with Crippen LogP contribution in [0.25, 0.3) is 44.2 Å². The fourth-order valence-electron chi connectivity index (χ4n) is 5.10. The van der Waals surface area contributed by atoms with Gasteiger partial charge < -0.3 is 14.3 Å². The van der Waals surface area contributed by atoms with Gasteiger partial charge in [0, 0.05) is 28.6 Å². The quantitative estimate of drug-likeness (QED) is 0.449. The van der Waals surface area contributed by atoms with Crippen molar-refractivity contribution < 1.29 is 4.42 Å². The number of nitrogens with one attached hydrogen (secondary N) is 2. The predicted octanol–water partition coefficient (Wildman–Crippen LogP) is 4.15. The zero-order valence-corrected chi connectivity index (χ0v) is 17.7. The van der Waals surface area contributed by atoms with Crippen LogP contribution in [0.4, 0.5) is 0 Å². The molecule has 1 saturated heterocycles. The van der Waals surface area contributed by atoms with Crippen LogP contribution in [0.5, 0.6) is 0 Å². The van der Waals surface area contributed by atoms with E-state index in [2.05, 4.69) is 50.6 Å². The molecular formula is C24H22N6O2. The normalized spacial score (nSPS) is 19.0. The van der Waals surface area contributed by atoms with Gasteiger partial charge in [0.05, 0.1) is 17.8 Å². The van der Waals surface area contributed by atoms with Gasteiger partial charge in [-0.15, -0.1) is 0 Å². The molecule has 7 rings (SSSR count). The van der Waals surface area contributed by atoms with Gasteiger partial charge in [0.15, 0.2) is 16.7 Å². The van der Waals surface area contributed by atoms with E-state index in [0.717, 1.165) is 70.9 Å². The van der Waals surface area contributed by atoms with E-state index in [-0.39, 0.29) is 17.6 Å². The van der Waals surface area contributed by atoms with Crippen LogP contribution in [-0.2, 0) is 0 Å². The van der Waals surface area contributed by atoms with Crippen molar-refractivity contribution in [2.24, 2.45) is 0 Å². The Labute approximate surface area is 182 Å².